The maximum Gasteiger partial charge on any atom is 0.287 e. The number of hydrogen-bond donors (Lipinski definition) is 1. The van der Waals surface area contributed by atoms with Gasteiger partial charge in [0.2, 0.25) is 0 Å². The quantitative estimate of drug-likeness (QED) is 0.531. The van der Waals surface area contributed by atoms with E-state index in [4.69, 9.17) is 0 Å². The maximum absolute atomic E-state index is 11.8. The van der Waals surface area contributed by atoms with Crippen LogP contribution in [0.4, 0.5) is 11.5 Å². The number of hydrogen-bond acceptors (Lipinski definition) is 5. The molecule has 0 aliphatic heterocycles. The molecule has 0 atom stereocenters. The van der Waals surface area contributed by atoms with Gasteiger partial charge in [-0.2, -0.15) is 0 Å². The van der Waals surface area contributed by atoms with Crippen LogP contribution < -0.4 is 5.32 Å². The molecule has 0 unspecified atom stereocenters. The molecule has 19 heavy (non-hydrogen) atoms. The predicted molar refractivity (Wildman–Crippen MR) is 70.8 cm³/mol. The standard InChI is InChI=1S/C11H7BrN4O3/c12-9-3-1-2-8(14-9)11(17)15-10-5-4-7(6-13-10)16(18)19/h1-6H,(H,13,15,17). The number of rotatable bonds is 3. The number of anilines is 1. The molecule has 8 heteroatoms. The summed E-state index contributed by atoms with van der Waals surface area (Å²) in [5.41, 5.74) is 0.0770. The Balaban J connectivity index is 2.13. The summed E-state index contributed by atoms with van der Waals surface area (Å²) in [5.74, 6) is -0.222. The molecule has 2 aromatic heterocycles. The second-order valence-electron chi connectivity index (χ2n) is 3.46. The summed E-state index contributed by atoms with van der Waals surface area (Å²) in [5, 5.41) is 13.0. The van der Waals surface area contributed by atoms with Crippen molar-refractivity contribution in [2.75, 3.05) is 5.32 Å². The van der Waals surface area contributed by atoms with Gasteiger partial charge in [0.15, 0.2) is 0 Å². The van der Waals surface area contributed by atoms with Crippen LogP contribution in [-0.4, -0.2) is 20.8 Å². The summed E-state index contributed by atoms with van der Waals surface area (Å²) in [7, 11) is 0. The zero-order chi connectivity index (χ0) is 13.8. The molecule has 0 aliphatic rings. The number of carbonyl (C=O) groups excluding carboxylic acids is 1. The average Bonchev–Trinajstić information content (AvgIpc) is 2.39. The van der Waals surface area contributed by atoms with Crippen molar-refractivity contribution in [3.05, 3.63) is 56.9 Å². The van der Waals surface area contributed by atoms with Crippen LogP contribution in [0.5, 0.6) is 0 Å². The highest BCUT2D eigenvalue weighted by Crippen LogP contribution is 2.13. The molecule has 0 aliphatic carbocycles. The minimum absolute atomic E-state index is 0.140. The molecule has 0 aromatic carbocycles. The Morgan fingerprint density at radius 1 is 1.32 bits per heavy atom. The minimum Gasteiger partial charge on any atom is -0.305 e. The van der Waals surface area contributed by atoms with Gasteiger partial charge < -0.3 is 5.32 Å². The van der Waals surface area contributed by atoms with Crippen molar-refractivity contribution in [1.29, 1.82) is 0 Å². The number of nitrogens with zero attached hydrogens (tertiary/aromatic N) is 3. The molecule has 0 bridgehead atoms. The molecule has 0 spiro atoms. The fraction of sp³-hybridized carbons (Fsp3) is 0. The molecular formula is C11H7BrN4O3. The van der Waals surface area contributed by atoms with Crippen molar-refractivity contribution in [1.82, 2.24) is 9.97 Å². The van der Waals surface area contributed by atoms with Gasteiger partial charge in [-0.25, -0.2) is 9.97 Å². The largest absolute Gasteiger partial charge is 0.305 e. The number of nitrogens with one attached hydrogen (secondary N) is 1. The Morgan fingerprint density at radius 2 is 2.11 bits per heavy atom. The van der Waals surface area contributed by atoms with Crippen LogP contribution in [0.2, 0.25) is 0 Å². The lowest BCUT2D eigenvalue weighted by atomic mass is 10.3. The first kappa shape index (κ1) is 13.1. The van der Waals surface area contributed by atoms with Gasteiger partial charge >= 0.3 is 0 Å². The molecule has 2 rings (SSSR count). The average molecular weight is 323 g/mol. The van der Waals surface area contributed by atoms with Gasteiger partial charge in [0, 0.05) is 6.07 Å². The minimum atomic E-state index is -0.561. The molecule has 2 aromatic rings. The fourth-order valence-electron chi connectivity index (χ4n) is 1.28. The topological polar surface area (TPSA) is 98.0 Å². The lowest BCUT2D eigenvalue weighted by Gasteiger charge is -2.03. The second kappa shape index (κ2) is 5.53. The third-order valence-corrected chi connectivity index (χ3v) is 2.59. The Labute approximate surface area is 116 Å². The summed E-state index contributed by atoms with van der Waals surface area (Å²) >= 11 is 3.16. The summed E-state index contributed by atoms with van der Waals surface area (Å²) in [6, 6.07) is 7.53. The van der Waals surface area contributed by atoms with Crippen LogP contribution in [0.1, 0.15) is 10.5 Å². The molecule has 1 amide bonds. The van der Waals surface area contributed by atoms with Crippen LogP contribution in [0, 0.1) is 10.1 Å². The SMILES string of the molecule is O=C(Nc1ccc([N+](=O)[O-])cn1)c1cccc(Br)n1. The number of aromatic nitrogens is 2. The van der Waals surface area contributed by atoms with Crippen molar-refractivity contribution in [2.24, 2.45) is 0 Å². The van der Waals surface area contributed by atoms with Crippen molar-refractivity contribution in [3.63, 3.8) is 0 Å². The molecule has 1 N–H and O–H groups in total. The fourth-order valence-corrected chi connectivity index (χ4v) is 1.63. The monoisotopic (exact) mass is 322 g/mol. The normalized spacial score (nSPS) is 9.95. The van der Waals surface area contributed by atoms with Crippen molar-refractivity contribution in [2.45, 2.75) is 0 Å². The van der Waals surface area contributed by atoms with Crippen LogP contribution in [0.25, 0.3) is 0 Å². The maximum atomic E-state index is 11.8. The van der Waals surface area contributed by atoms with Crippen molar-refractivity contribution in [3.8, 4) is 0 Å². The number of nitro groups is 1. The van der Waals surface area contributed by atoms with E-state index in [1.165, 1.54) is 12.1 Å². The third-order valence-electron chi connectivity index (χ3n) is 2.15. The molecule has 0 saturated carbocycles. The highest BCUT2D eigenvalue weighted by atomic mass is 79.9. The van der Waals surface area contributed by atoms with Gasteiger partial charge in [0.25, 0.3) is 11.6 Å². The van der Waals surface area contributed by atoms with Gasteiger partial charge in [0.1, 0.15) is 22.3 Å². The van der Waals surface area contributed by atoms with Gasteiger partial charge in [-0.15, -0.1) is 0 Å². The first-order chi connectivity index (χ1) is 9.06. The van der Waals surface area contributed by atoms with E-state index < -0.39 is 10.8 Å². The van der Waals surface area contributed by atoms with Crippen molar-refractivity contribution < 1.29 is 9.72 Å². The molecule has 7 nitrogen and oxygen atoms in total. The number of amides is 1. The molecule has 0 radical (unpaired) electrons. The predicted octanol–water partition coefficient (Wildman–Crippen LogP) is 2.40. The molecule has 96 valence electrons. The molecule has 2 heterocycles. The summed E-state index contributed by atoms with van der Waals surface area (Å²) in [6.07, 6.45) is 1.07. The lowest BCUT2D eigenvalue weighted by molar-refractivity contribution is -0.385. The van der Waals surface area contributed by atoms with Crippen LogP contribution in [-0.2, 0) is 0 Å². The third kappa shape index (κ3) is 3.32. The van der Waals surface area contributed by atoms with Crippen LogP contribution in [0.15, 0.2) is 41.1 Å². The van der Waals surface area contributed by atoms with Crippen LogP contribution >= 0.6 is 15.9 Å². The van der Waals surface area contributed by atoms with E-state index in [1.807, 2.05) is 0 Å². The first-order valence-corrected chi connectivity index (χ1v) is 5.90. The van der Waals surface area contributed by atoms with E-state index in [2.05, 4.69) is 31.2 Å². The number of halogens is 1. The summed E-state index contributed by atoms with van der Waals surface area (Å²) in [6.45, 7) is 0. The van der Waals surface area contributed by atoms with Gasteiger partial charge in [-0.3, -0.25) is 14.9 Å². The van der Waals surface area contributed by atoms with E-state index in [9.17, 15) is 14.9 Å². The van der Waals surface area contributed by atoms with E-state index in [-0.39, 0.29) is 17.2 Å². The zero-order valence-corrected chi connectivity index (χ0v) is 11.0. The van der Waals surface area contributed by atoms with Gasteiger partial charge in [-0.05, 0) is 34.1 Å². The summed E-state index contributed by atoms with van der Waals surface area (Å²) < 4.78 is 0.539. The highest BCUT2D eigenvalue weighted by Gasteiger charge is 2.10. The Bertz CT molecular complexity index is 630. The molecule has 0 saturated heterocycles. The number of pyridine rings is 2. The lowest BCUT2D eigenvalue weighted by Crippen LogP contribution is -2.14. The molecule has 0 fully saturated rings. The smallest absolute Gasteiger partial charge is 0.287 e. The molecular weight excluding hydrogens is 316 g/mol. The van der Waals surface area contributed by atoms with E-state index in [0.717, 1.165) is 6.20 Å². The Kier molecular flexibility index (Phi) is 3.81. The zero-order valence-electron chi connectivity index (χ0n) is 9.41. The van der Waals surface area contributed by atoms with Crippen LogP contribution in [0.3, 0.4) is 0 Å². The van der Waals surface area contributed by atoms with Crippen molar-refractivity contribution >= 4 is 33.3 Å². The highest BCUT2D eigenvalue weighted by molar-refractivity contribution is 9.10. The van der Waals surface area contributed by atoms with Gasteiger partial charge in [-0.1, -0.05) is 6.07 Å². The van der Waals surface area contributed by atoms with Gasteiger partial charge in [0.05, 0.1) is 4.92 Å². The number of carbonyl (C=O) groups is 1. The Hall–Kier alpha value is -2.35. The summed E-state index contributed by atoms with van der Waals surface area (Å²) in [4.78, 5) is 29.5. The van der Waals surface area contributed by atoms with E-state index >= 15 is 0 Å². The Morgan fingerprint density at radius 3 is 2.68 bits per heavy atom. The van der Waals surface area contributed by atoms with E-state index in [1.54, 1.807) is 18.2 Å². The second-order valence-corrected chi connectivity index (χ2v) is 4.27. The van der Waals surface area contributed by atoms with E-state index in [0.29, 0.717) is 4.60 Å². The first-order valence-electron chi connectivity index (χ1n) is 5.10.